The highest BCUT2D eigenvalue weighted by molar-refractivity contribution is 5.90. The van der Waals surface area contributed by atoms with E-state index >= 15 is 0 Å². The van der Waals surface area contributed by atoms with E-state index in [1.165, 1.54) is 6.08 Å². The molecule has 1 heterocycles. The average Bonchev–Trinajstić information content (AvgIpc) is 2.34. The Hall–Kier alpha value is -1.32. The number of hydrogen-bond acceptors (Lipinski definition) is 2. The van der Waals surface area contributed by atoms with E-state index in [0.29, 0.717) is 12.8 Å². The summed E-state index contributed by atoms with van der Waals surface area (Å²) >= 11 is 0. The van der Waals surface area contributed by atoms with Gasteiger partial charge in [-0.15, -0.1) is 6.58 Å². The van der Waals surface area contributed by atoms with Gasteiger partial charge in [-0.05, 0) is 12.8 Å². The van der Waals surface area contributed by atoms with Crippen LogP contribution in [0.5, 0.6) is 0 Å². The molecule has 0 unspecified atom stereocenters. The molecule has 1 saturated heterocycles. The standard InChI is InChI=1S/C8H11NO3/c1-2-4-8(7(11)12)5-3-6(10)9-8/h2H,1,3-5H2,(H,9,10)(H,11,12)/t8-/m1/s1. The first-order chi connectivity index (χ1) is 5.60. The van der Waals surface area contributed by atoms with Crippen molar-refractivity contribution in [1.82, 2.24) is 5.32 Å². The van der Waals surface area contributed by atoms with E-state index < -0.39 is 11.5 Å². The van der Waals surface area contributed by atoms with Crippen molar-refractivity contribution < 1.29 is 14.7 Å². The number of carbonyl (C=O) groups is 2. The number of rotatable bonds is 3. The third-order valence-corrected chi connectivity index (χ3v) is 2.06. The predicted molar refractivity (Wildman–Crippen MR) is 42.6 cm³/mol. The second-order valence-corrected chi connectivity index (χ2v) is 2.93. The highest BCUT2D eigenvalue weighted by Gasteiger charge is 2.43. The minimum atomic E-state index is -1.08. The first kappa shape index (κ1) is 8.77. The van der Waals surface area contributed by atoms with Gasteiger partial charge in [0.2, 0.25) is 5.91 Å². The molecule has 1 aliphatic heterocycles. The largest absolute Gasteiger partial charge is 0.479 e. The SMILES string of the molecule is C=CC[C@]1(C(=O)O)CCC(=O)N1. The number of aliphatic carboxylic acids is 1. The Balaban J connectivity index is 2.80. The summed E-state index contributed by atoms with van der Waals surface area (Å²) in [6, 6.07) is 0. The highest BCUT2D eigenvalue weighted by atomic mass is 16.4. The molecule has 0 bridgehead atoms. The zero-order chi connectivity index (χ0) is 9.19. The molecule has 4 nitrogen and oxygen atoms in total. The molecule has 1 aliphatic rings. The average molecular weight is 169 g/mol. The van der Waals surface area contributed by atoms with Gasteiger partial charge in [0.15, 0.2) is 0 Å². The third kappa shape index (κ3) is 1.32. The van der Waals surface area contributed by atoms with Gasteiger partial charge in [-0.1, -0.05) is 6.08 Å². The van der Waals surface area contributed by atoms with E-state index in [1.807, 2.05) is 0 Å². The van der Waals surface area contributed by atoms with Crippen LogP contribution in [0.25, 0.3) is 0 Å². The molecule has 0 spiro atoms. The van der Waals surface area contributed by atoms with E-state index in [-0.39, 0.29) is 12.3 Å². The molecule has 0 radical (unpaired) electrons. The fourth-order valence-corrected chi connectivity index (χ4v) is 1.37. The number of carboxylic acids is 1. The van der Waals surface area contributed by atoms with Gasteiger partial charge >= 0.3 is 5.97 Å². The van der Waals surface area contributed by atoms with Crippen molar-refractivity contribution in [3.05, 3.63) is 12.7 Å². The minimum absolute atomic E-state index is 0.195. The summed E-state index contributed by atoms with van der Waals surface area (Å²) in [5, 5.41) is 11.3. The van der Waals surface area contributed by atoms with Gasteiger partial charge in [-0.3, -0.25) is 4.79 Å². The Labute approximate surface area is 70.3 Å². The van der Waals surface area contributed by atoms with Gasteiger partial charge in [0, 0.05) is 6.42 Å². The molecule has 1 atom stereocenters. The lowest BCUT2D eigenvalue weighted by Gasteiger charge is -2.21. The van der Waals surface area contributed by atoms with Crippen LogP contribution in [-0.2, 0) is 9.59 Å². The van der Waals surface area contributed by atoms with E-state index in [1.54, 1.807) is 0 Å². The predicted octanol–water partition coefficient (Wildman–Crippen LogP) is 0.296. The molecule has 0 aromatic rings. The van der Waals surface area contributed by atoms with Crippen LogP contribution < -0.4 is 5.32 Å². The van der Waals surface area contributed by atoms with Crippen molar-refractivity contribution in [2.45, 2.75) is 24.8 Å². The summed E-state index contributed by atoms with van der Waals surface area (Å²) < 4.78 is 0. The van der Waals surface area contributed by atoms with Gasteiger partial charge in [0.05, 0.1) is 0 Å². The lowest BCUT2D eigenvalue weighted by Crippen LogP contribution is -2.48. The summed E-state index contributed by atoms with van der Waals surface area (Å²) in [6.07, 6.45) is 2.45. The molecule has 1 rings (SSSR count). The Kier molecular flexibility index (Phi) is 2.17. The summed E-state index contributed by atoms with van der Waals surface area (Å²) in [4.78, 5) is 21.6. The second kappa shape index (κ2) is 2.97. The van der Waals surface area contributed by atoms with Gasteiger partial charge in [0.25, 0.3) is 0 Å². The maximum atomic E-state index is 10.8. The molecule has 0 aromatic carbocycles. The quantitative estimate of drug-likeness (QED) is 0.597. The molecular formula is C8H11NO3. The minimum Gasteiger partial charge on any atom is -0.479 e. The number of carboxylic acid groups (broad SMARTS) is 1. The van der Waals surface area contributed by atoms with Crippen molar-refractivity contribution in [2.75, 3.05) is 0 Å². The summed E-state index contributed by atoms with van der Waals surface area (Å²) in [5.74, 6) is -1.17. The van der Waals surface area contributed by atoms with E-state index in [0.717, 1.165) is 0 Å². The fraction of sp³-hybridized carbons (Fsp3) is 0.500. The molecule has 4 heteroatoms. The van der Waals surface area contributed by atoms with E-state index in [9.17, 15) is 9.59 Å². The lowest BCUT2D eigenvalue weighted by molar-refractivity contribution is -0.145. The number of hydrogen-bond donors (Lipinski definition) is 2. The maximum absolute atomic E-state index is 10.8. The van der Waals surface area contributed by atoms with Crippen molar-refractivity contribution in [2.24, 2.45) is 0 Å². The topological polar surface area (TPSA) is 66.4 Å². The van der Waals surface area contributed by atoms with E-state index in [4.69, 9.17) is 5.11 Å². The zero-order valence-corrected chi connectivity index (χ0v) is 6.67. The van der Waals surface area contributed by atoms with Crippen LogP contribution in [0.3, 0.4) is 0 Å². The second-order valence-electron chi connectivity index (χ2n) is 2.93. The molecule has 2 N–H and O–H groups in total. The Bertz CT molecular complexity index is 236. The van der Waals surface area contributed by atoms with Crippen LogP contribution in [-0.4, -0.2) is 22.5 Å². The number of amides is 1. The van der Waals surface area contributed by atoms with Crippen molar-refractivity contribution >= 4 is 11.9 Å². The van der Waals surface area contributed by atoms with Gasteiger partial charge in [0.1, 0.15) is 5.54 Å². The molecule has 1 amide bonds. The maximum Gasteiger partial charge on any atom is 0.329 e. The Morgan fingerprint density at radius 1 is 1.83 bits per heavy atom. The normalized spacial score (nSPS) is 28.2. The molecule has 66 valence electrons. The monoisotopic (exact) mass is 169 g/mol. The van der Waals surface area contributed by atoms with Crippen molar-refractivity contribution in [3.8, 4) is 0 Å². The van der Waals surface area contributed by atoms with Gasteiger partial charge in [-0.2, -0.15) is 0 Å². The van der Waals surface area contributed by atoms with Crippen molar-refractivity contribution in [1.29, 1.82) is 0 Å². The van der Waals surface area contributed by atoms with Crippen molar-refractivity contribution in [3.63, 3.8) is 0 Å². The van der Waals surface area contributed by atoms with Crippen LogP contribution in [0.2, 0.25) is 0 Å². The fourth-order valence-electron chi connectivity index (χ4n) is 1.37. The van der Waals surface area contributed by atoms with Gasteiger partial charge < -0.3 is 10.4 Å². The highest BCUT2D eigenvalue weighted by Crippen LogP contribution is 2.24. The first-order valence-electron chi connectivity index (χ1n) is 3.76. The molecule has 0 aliphatic carbocycles. The smallest absolute Gasteiger partial charge is 0.329 e. The lowest BCUT2D eigenvalue weighted by atomic mass is 9.94. The molecule has 0 saturated carbocycles. The summed E-state index contributed by atoms with van der Waals surface area (Å²) in [6.45, 7) is 3.46. The first-order valence-corrected chi connectivity index (χ1v) is 3.76. The Morgan fingerprint density at radius 2 is 2.50 bits per heavy atom. The molecular weight excluding hydrogens is 158 g/mol. The van der Waals surface area contributed by atoms with Crippen LogP contribution in [0.4, 0.5) is 0 Å². The summed E-state index contributed by atoms with van der Waals surface area (Å²) in [7, 11) is 0. The van der Waals surface area contributed by atoms with E-state index in [2.05, 4.69) is 11.9 Å². The molecule has 12 heavy (non-hydrogen) atoms. The van der Waals surface area contributed by atoms with Crippen LogP contribution >= 0.6 is 0 Å². The van der Waals surface area contributed by atoms with Crippen LogP contribution in [0, 0.1) is 0 Å². The molecule has 1 fully saturated rings. The van der Waals surface area contributed by atoms with Crippen LogP contribution in [0.15, 0.2) is 12.7 Å². The number of nitrogens with one attached hydrogen (secondary N) is 1. The summed E-state index contributed by atoms with van der Waals surface area (Å²) in [5.41, 5.74) is -1.08. The third-order valence-electron chi connectivity index (χ3n) is 2.06. The van der Waals surface area contributed by atoms with Gasteiger partial charge in [-0.25, -0.2) is 4.79 Å². The van der Waals surface area contributed by atoms with Crippen LogP contribution in [0.1, 0.15) is 19.3 Å². The Morgan fingerprint density at radius 3 is 2.83 bits per heavy atom. The zero-order valence-electron chi connectivity index (χ0n) is 6.67. The number of carbonyl (C=O) groups excluding carboxylic acids is 1. The molecule has 0 aromatic heterocycles.